The molecule has 0 saturated carbocycles. The number of aromatic nitrogens is 1. The number of aryl methyl sites for hydroxylation is 1. The number of amides is 2. The van der Waals surface area contributed by atoms with Crippen LogP contribution in [0.25, 0.3) is 0 Å². The molecule has 0 unspecified atom stereocenters. The van der Waals surface area contributed by atoms with Crippen molar-refractivity contribution in [1.29, 1.82) is 0 Å². The van der Waals surface area contributed by atoms with Crippen LogP contribution < -0.4 is 5.32 Å². The molecule has 0 spiro atoms. The van der Waals surface area contributed by atoms with Gasteiger partial charge in [0.05, 0.1) is 18.8 Å². The zero-order valence-electron chi connectivity index (χ0n) is 12.8. The minimum Gasteiger partial charge on any atom is -0.378 e. The Balaban J connectivity index is 2.06. The smallest absolute Gasteiger partial charge is 0.253 e. The van der Waals surface area contributed by atoms with E-state index in [1.807, 2.05) is 20.8 Å². The molecule has 116 valence electrons. The number of H-pyrrole nitrogens is 1. The molecule has 0 radical (unpaired) electrons. The van der Waals surface area contributed by atoms with Gasteiger partial charge in [0.25, 0.3) is 5.91 Å². The minimum atomic E-state index is -0.509. The molecule has 2 heterocycles. The normalized spacial score (nSPS) is 16.9. The summed E-state index contributed by atoms with van der Waals surface area (Å²) in [6.45, 7) is 7.99. The standard InChI is InChI=1S/C15H23N3O3/c1-10(2)13(15(20)18-6-8-21-9-7-18)17-14(19)12-4-5-16-11(12)3/h4-5,10,13,16H,6-9H2,1-3H3,(H,17,19)/t13-/m1/s1. The number of hydrogen-bond acceptors (Lipinski definition) is 3. The second kappa shape index (κ2) is 6.76. The number of nitrogens with zero attached hydrogens (tertiary/aromatic N) is 1. The fraction of sp³-hybridized carbons (Fsp3) is 0.600. The van der Waals surface area contributed by atoms with E-state index in [1.54, 1.807) is 17.2 Å². The van der Waals surface area contributed by atoms with Gasteiger partial charge in [-0.1, -0.05) is 13.8 Å². The largest absolute Gasteiger partial charge is 0.378 e. The van der Waals surface area contributed by atoms with Crippen LogP contribution in [0.3, 0.4) is 0 Å². The van der Waals surface area contributed by atoms with E-state index < -0.39 is 6.04 Å². The van der Waals surface area contributed by atoms with E-state index in [2.05, 4.69) is 10.3 Å². The molecule has 1 aromatic rings. The minimum absolute atomic E-state index is 0.0311. The first-order valence-corrected chi connectivity index (χ1v) is 7.32. The highest BCUT2D eigenvalue weighted by Crippen LogP contribution is 2.11. The first-order chi connectivity index (χ1) is 10.0. The Morgan fingerprint density at radius 3 is 2.52 bits per heavy atom. The molecular formula is C15H23N3O3. The predicted octanol–water partition coefficient (Wildman–Crippen LogP) is 0.936. The van der Waals surface area contributed by atoms with Gasteiger partial charge in [0.2, 0.25) is 5.91 Å². The van der Waals surface area contributed by atoms with Crippen molar-refractivity contribution in [1.82, 2.24) is 15.2 Å². The SMILES string of the molecule is Cc1[nH]ccc1C(=O)N[C@@H](C(=O)N1CCOCC1)C(C)C. The third kappa shape index (κ3) is 3.64. The van der Waals surface area contributed by atoms with Gasteiger partial charge in [-0.05, 0) is 18.9 Å². The number of carbonyl (C=O) groups excluding carboxylic acids is 2. The van der Waals surface area contributed by atoms with Crippen LogP contribution >= 0.6 is 0 Å². The van der Waals surface area contributed by atoms with Gasteiger partial charge >= 0.3 is 0 Å². The third-order valence-corrected chi connectivity index (χ3v) is 3.74. The Kier molecular flexibility index (Phi) is 5.01. The quantitative estimate of drug-likeness (QED) is 0.867. The second-order valence-electron chi connectivity index (χ2n) is 5.65. The second-order valence-corrected chi connectivity index (χ2v) is 5.65. The molecule has 2 rings (SSSR count). The van der Waals surface area contributed by atoms with E-state index in [1.165, 1.54) is 0 Å². The van der Waals surface area contributed by atoms with Gasteiger partial charge in [0, 0.05) is 25.0 Å². The molecular weight excluding hydrogens is 270 g/mol. The summed E-state index contributed by atoms with van der Waals surface area (Å²) in [6, 6.07) is 1.21. The lowest BCUT2D eigenvalue weighted by molar-refractivity contribution is -0.138. The summed E-state index contributed by atoms with van der Waals surface area (Å²) in [6.07, 6.45) is 1.72. The van der Waals surface area contributed by atoms with Gasteiger partial charge in [-0.3, -0.25) is 9.59 Å². The Labute approximate surface area is 124 Å². The van der Waals surface area contributed by atoms with Crippen LogP contribution in [0.2, 0.25) is 0 Å². The summed E-state index contributed by atoms with van der Waals surface area (Å²) in [5, 5.41) is 2.87. The number of morpholine rings is 1. The maximum Gasteiger partial charge on any atom is 0.253 e. The van der Waals surface area contributed by atoms with Crippen molar-refractivity contribution in [3.63, 3.8) is 0 Å². The van der Waals surface area contributed by atoms with Crippen molar-refractivity contribution in [2.45, 2.75) is 26.8 Å². The first-order valence-electron chi connectivity index (χ1n) is 7.32. The summed E-state index contributed by atoms with van der Waals surface area (Å²) in [5.41, 5.74) is 1.38. The molecule has 1 aliphatic heterocycles. The summed E-state index contributed by atoms with van der Waals surface area (Å²) in [4.78, 5) is 29.6. The molecule has 6 nitrogen and oxygen atoms in total. The van der Waals surface area contributed by atoms with Crippen LogP contribution in [-0.4, -0.2) is 54.0 Å². The van der Waals surface area contributed by atoms with E-state index in [-0.39, 0.29) is 17.7 Å². The molecule has 1 aliphatic rings. The van der Waals surface area contributed by atoms with E-state index in [9.17, 15) is 9.59 Å². The van der Waals surface area contributed by atoms with Crippen LogP contribution in [0.4, 0.5) is 0 Å². The van der Waals surface area contributed by atoms with Crippen molar-refractivity contribution >= 4 is 11.8 Å². The number of rotatable bonds is 4. The molecule has 0 bridgehead atoms. The fourth-order valence-electron chi connectivity index (χ4n) is 2.41. The summed E-state index contributed by atoms with van der Waals surface area (Å²) in [5.74, 6) is -0.215. The van der Waals surface area contributed by atoms with Crippen LogP contribution in [0.1, 0.15) is 29.9 Å². The molecule has 2 N–H and O–H groups in total. The third-order valence-electron chi connectivity index (χ3n) is 3.74. The average Bonchev–Trinajstić information content (AvgIpc) is 2.90. The number of hydrogen-bond donors (Lipinski definition) is 2. The van der Waals surface area contributed by atoms with Crippen molar-refractivity contribution in [3.05, 3.63) is 23.5 Å². The van der Waals surface area contributed by atoms with E-state index in [0.29, 0.717) is 31.9 Å². The van der Waals surface area contributed by atoms with Crippen molar-refractivity contribution in [2.24, 2.45) is 5.92 Å². The molecule has 2 amide bonds. The Hall–Kier alpha value is -1.82. The van der Waals surface area contributed by atoms with Crippen molar-refractivity contribution in [3.8, 4) is 0 Å². The zero-order valence-corrected chi connectivity index (χ0v) is 12.8. The maximum absolute atomic E-state index is 12.6. The lowest BCUT2D eigenvalue weighted by atomic mass is 10.0. The summed E-state index contributed by atoms with van der Waals surface area (Å²) < 4.78 is 5.26. The van der Waals surface area contributed by atoms with Gasteiger partial charge in [-0.15, -0.1) is 0 Å². The molecule has 6 heteroatoms. The number of ether oxygens (including phenoxy) is 1. The van der Waals surface area contributed by atoms with Crippen LogP contribution in [0.5, 0.6) is 0 Å². The molecule has 1 aromatic heterocycles. The topological polar surface area (TPSA) is 74.4 Å². The number of aromatic amines is 1. The molecule has 21 heavy (non-hydrogen) atoms. The highest BCUT2D eigenvalue weighted by molar-refractivity contribution is 5.98. The summed E-state index contributed by atoms with van der Waals surface area (Å²) >= 11 is 0. The first kappa shape index (κ1) is 15.6. The molecule has 1 saturated heterocycles. The molecule has 0 aliphatic carbocycles. The summed E-state index contributed by atoms with van der Waals surface area (Å²) in [7, 11) is 0. The average molecular weight is 293 g/mol. The van der Waals surface area contributed by atoms with E-state index in [0.717, 1.165) is 5.69 Å². The highest BCUT2D eigenvalue weighted by atomic mass is 16.5. The van der Waals surface area contributed by atoms with Crippen LogP contribution in [0, 0.1) is 12.8 Å². The van der Waals surface area contributed by atoms with Gasteiger partial charge < -0.3 is 19.9 Å². The van der Waals surface area contributed by atoms with Gasteiger partial charge in [0.1, 0.15) is 6.04 Å². The Bertz CT molecular complexity index is 504. The van der Waals surface area contributed by atoms with Crippen LogP contribution in [-0.2, 0) is 9.53 Å². The van der Waals surface area contributed by atoms with Crippen molar-refractivity contribution < 1.29 is 14.3 Å². The Morgan fingerprint density at radius 2 is 2.00 bits per heavy atom. The van der Waals surface area contributed by atoms with E-state index in [4.69, 9.17) is 4.74 Å². The van der Waals surface area contributed by atoms with Gasteiger partial charge in [-0.25, -0.2) is 0 Å². The number of nitrogens with one attached hydrogen (secondary N) is 2. The molecule has 1 atom stereocenters. The monoisotopic (exact) mass is 293 g/mol. The maximum atomic E-state index is 12.6. The molecule has 1 fully saturated rings. The van der Waals surface area contributed by atoms with Gasteiger partial charge in [-0.2, -0.15) is 0 Å². The zero-order chi connectivity index (χ0) is 15.4. The van der Waals surface area contributed by atoms with Gasteiger partial charge in [0.15, 0.2) is 0 Å². The van der Waals surface area contributed by atoms with Crippen molar-refractivity contribution in [2.75, 3.05) is 26.3 Å². The lowest BCUT2D eigenvalue weighted by Gasteiger charge is -2.32. The fourth-order valence-corrected chi connectivity index (χ4v) is 2.41. The number of carbonyl (C=O) groups is 2. The predicted molar refractivity (Wildman–Crippen MR) is 79.0 cm³/mol. The van der Waals surface area contributed by atoms with E-state index >= 15 is 0 Å². The lowest BCUT2D eigenvalue weighted by Crippen LogP contribution is -2.53. The molecule has 0 aromatic carbocycles. The Morgan fingerprint density at radius 1 is 1.33 bits per heavy atom. The van der Waals surface area contributed by atoms with Crippen LogP contribution in [0.15, 0.2) is 12.3 Å². The highest BCUT2D eigenvalue weighted by Gasteiger charge is 2.30.